The molecular formula is C31H25F4N3O3S. The van der Waals surface area contributed by atoms with Crippen LogP contribution in [0.3, 0.4) is 0 Å². The lowest BCUT2D eigenvalue weighted by atomic mass is 9.61. The van der Waals surface area contributed by atoms with E-state index in [9.17, 15) is 30.8 Å². The number of hydrogen-bond acceptors (Lipinski definition) is 5. The molecule has 0 unspecified atom stereocenters. The van der Waals surface area contributed by atoms with Gasteiger partial charge in [-0.2, -0.15) is 18.3 Å². The van der Waals surface area contributed by atoms with Gasteiger partial charge in [0.25, 0.3) is 0 Å². The van der Waals surface area contributed by atoms with Crippen molar-refractivity contribution >= 4 is 21.7 Å². The number of benzene rings is 2. The highest BCUT2D eigenvalue weighted by atomic mass is 32.2. The molecule has 0 aliphatic heterocycles. The van der Waals surface area contributed by atoms with Crippen molar-refractivity contribution in [3.8, 4) is 5.69 Å². The van der Waals surface area contributed by atoms with Crippen molar-refractivity contribution in [2.24, 2.45) is 5.41 Å². The number of allylic oxidation sites excluding steroid dienone is 1. The third-order valence-electron chi connectivity index (χ3n) is 8.23. The minimum atomic E-state index is -4.69. The van der Waals surface area contributed by atoms with Crippen LogP contribution in [0.1, 0.15) is 52.1 Å². The average molecular weight is 596 g/mol. The van der Waals surface area contributed by atoms with E-state index >= 15 is 0 Å². The van der Waals surface area contributed by atoms with E-state index in [1.165, 1.54) is 24.3 Å². The van der Waals surface area contributed by atoms with Crippen LogP contribution in [0.4, 0.5) is 17.6 Å². The molecule has 6 rings (SSSR count). The molecule has 216 valence electrons. The van der Waals surface area contributed by atoms with E-state index in [0.717, 1.165) is 23.9 Å². The van der Waals surface area contributed by atoms with Crippen LogP contribution in [0.2, 0.25) is 0 Å². The Morgan fingerprint density at radius 2 is 1.76 bits per heavy atom. The Balaban J connectivity index is 1.46. The summed E-state index contributed by atoms with van der Waals surface area (Å²) < 4.78 is 83.4. The summed E-state index contributed by atoms with van der Waals surface area (Å²) >= 11 is 0. The highest BCUT2D eigenvalue weighted by Crippen LogP contribution is 2.52. The first-order chi connectivity index (χ1) is 19.9. The number of aromatic nitrogens is 3. The summed E-state index contributed by atoms with van der Waals surface area (Å²) in [4.78, 5) is 18.4. The van der Waals surface area contributed by atoms with E-state index in [2.05, 4.69) is 10.1 Å². The SMILES string of the molecule is Cc1ccc(S(=O)(=O)[C@H]2CCC3=Cc4c(cnn4-c4ccc(F)cc4)C[C@]3(C(=O)c3cc(C(F)(F)F)ccn3)C2)cc1. The predicted octanol–water partition coefficient (Wildman–Crippen LogP) is 6.57. The Hall–Kier alpha value is -4.12. The summed E-state index contributed by atoms with van der Waals surface area (Å²) in [6.07, 6.45) is -0.0385. The van der Waals surface area contributed by atoms with Crippen molar-refractivity contribution < 1.29 is 30.8 Å². The quantitative estimate of drug-likeness (QED) is 0.193. The minimum Gasteiger partial charge on any atom is -0.291 e. The van der Waals surface area contributed by atoms with Gasteiger partial charge in [0.2, 0.25) is 0 Å². The molecule has 6 nitrogen and oxygen atoms in total. The number of halogens is 4. The van der Waals surface area contributed by atoms with Crippen molar-refractivity contribution in [2.45, 2.75) is 48.9 Å². The first-order valence-corrected chi connectivity index (χ1v) is 14.9. The van der Waals surface area contributed by atoms with Crippen molar-refractivity contribution in [2.75, 3.05) is 0 Å². The Morgan fingerprint density at radius 1 is 1.05 bits per heavy atom. The molecule has 1 saturated carbocycles. The molecule has 1 fully saturated rings. The second-order valence-electron chi connectivity index (χ2n) is 10.9. The fourth-order valence-corrected chi connectivity index (χ4v) is 7.85. The van der Waals surface area contributed by atoms with Crippen LogP contribution in [0, 0.1) is 18.2 Å². The number of pyridine rings is 1. The Morgan fingerprint density at radius 3 is 2.45 bits per heavy atom. The predicted molar refractivity (Wildman–Crippen MR) is 147 cm³/mol. The van der Waals surface area contributed by atoms with Crippen molar-refractivity contribution in [3.05, 3.63) is 113 Å². The second-order valence-corrected chi connectivity index (χ2v) is 13.1. The van der Waals surface area contributed by atoms with Crippen LogP contribution in [0.15, 0.2) is 83.5 Å². The van der Waals surface area contributed by atoms with E-state index in [0.29, 0.717) is 22.5 Å². The molecule has 0 amide bonds. The molecule has 0 spiro atoms. The lowest BCUT2D eigenvalue weighted by Crippen LogP contribution is -2.46. The highest BCUT2D eigenvalue weighted by Gasteiger charge is 2.52. The van der Waals surface area contributed by atoms with Gasteiger partial charge in [0.1, 0.15) is 11.5 Å². The molecule has 2 aliphatic rings. The largest absolute Gasteiger partial charge is 0.416 e. The van der Waals surface area contributed by atoms with E-state index in [4.69, 9.17) is 0 Å². The Bertz CT molecular complexity index is 1830. The number of hydrogen-bond donors (Lipinski definition) is 0. The molecule has 2 aromatic carbocycles. The maximum absolute atomic E-state index is 14.3. The van der Waals surface area contributed by atoms with Gasteiger partial charge >= 0.3 is 6.18 Å². The third kappa shape index (κ3) is 4.75. The molecule has 2 heterocycles. The van der Waals surface area contributed by atoms with Crippen molar-refractivity contribution in [1.82, 2.24) is 14.8 Å². The van der Waals surface area contributed by atoms with E-state index < -0.39 is 43.8 Å². The number of Topliss-reactive ketones (excluding diaryl/α,β-unsaturated/α-hetero) is 1. The first-order valence-electron chi connectivity index (χ1n) is 13.3. The normalized spacial score (nSPS) is 20.4. The van der Waals surface area contributed by atoms with Crippen molar-refractivity contribution in [3.63, 3.8) is 0 Å². The number of aryl methyl sites for hydroxylation is 1. The Labute approximate surface area is 239 Å². The number of fused-ring (bicyclic) bond motifs is 2. The number of sulfone groups is 1. The summed E-state index contributed by atoms with van der Waals surface area (Å²) in [5, 5.41) is 3.50. The van der Waals surface area contributed by atoms with Gasteiger partial charge in [-0.1, -0.05) is 23.3 Å². The van der Waals surface area contributed by atoms with Gasteiger partial charge in [-0.15, -0.1) is 0 Å². The monoisotopic (exact) mass is 595 g/mol. The zero-order chi connectivity index (χ0) is 29.9. The number of nitrogens with zero attached hydrogens (tertiary/aromatic N) is 3. The lowest BCUT2D eigenvalue weighted by molar-refractivity contribution is -0.137. The standard InChI is InChI=1S/C31H25F4N3O3S/c1-19-2-9-25(10-3-19)42(40,41)26-11-4-21-15-28-20(18-37-38(28)24-7-5-23(32)6-8-24)16-30(21,17-26)29(39)27-14-22(12-13-36-27)31(33,34)35/h2-3,5-10,12-15,18,26H,4,11,16-17H2,1H3/t26-,30-/m0/s1. The molecular weight excluding hydrogens is 570 g/mol. The van der Waals surface area contributed by atoms with Gasteiger partial charge in [-0.25, -0.2) is 17.5 Å². The highest BCUT2D eigenvalue weighted by molar-refractivity contribution is 7.92. The zero-order valence-electron chi connectivity index (χ0n) is 22.4. The van der Waals surface area contributed by atoms with Gasteiger partial charge < -0.3 is 0 Å². The van der Waals surface area contributed by atoms with Crippen LogP contribution in [-0.2, 0) is 22.4 Å². The molecule has 0 saturated heterocycles. The van der Waals surface area contributed by atoms with Gasteiger partial charge in [-0.05, 0) is 92.8 Å². The van der Waals surface area contributed by atoms with Crippen LogP contribution in [-0.4, -0.2) is 34.2 Å². The summed E-state index contributed by atoms with van der Waals surface area (Å²) in [6.45, 7) is 1.84. The summed E-state index contributed by atoms with van der Waals surface area (Å²) in [5.41, 5.74) is 0.530. The molecule has 0 bridgehead atoms. The maximum atomic E-state index is 14.3. The molecule has 2 aliphatic carbocycles. The molecule has 0 N–H and O–H groups in total. The van der Waals surface area contributed by atoms with E-state index in [1.807, 2.05) is 6.92 Å². The van der Waals surface area contributed by atoms with Crippen LogP contribution >= 0.6 is 0 Å². The molecule has 42 heavy (non-hydrogen) atoms. The number of alkyl halides is 3. The zero-order valence-corrected chi connectivity index (χ0v) is 23.2. The average Bonchev–Trinajstić information content (AvgIpc) is 3.37. The number of carbonyl (C=O) groups excluding carboxylic acids is 1. The first kappa shape index (κ1) is 28.0. The third-order valence-corrected chi connectivity index (χ3v) is 10.4. The number of ketones is 1. The summed E-state index contributed by atoms with van der Waals surface area (Å²) in [7, 11) is -3.87. The number of carbonyl (C=O) groups is 1. The van der Waals surface area contributed by atoms with Gasteiger partial charge in [0.15, 0.2) is 15.6 Å². The topological polar surface area (TPSA) is 81.9 Å². The van der Waals surface area contributed by atoms with Crippen molar-refractivity contribution in [1.29, 1.82) is 0 Å². The van der Waals surface area contributed by atoms with Crippen LogP contribution in [0.5, 0.6) is 0 Å². The second kappa shape index (κ2) is 10.0. The smallest absolute Gasteiger partial charge is 0.291 e. The van der Waals surface area contributed by atoms with E-state index in [-0.39, 0.29) is 36.3 Å². The summed E-state index contributed by atoms with van der Waals surface area (Å²) in [5.74, 6) is -1.08. The van der Waals surface area contributed by atoms with Crippen LogP contribution < -0.4 is 0 Å². The van der Waals surface area contributed by atoms with Crippen LogP contribution in [0.25, 0.3) is 11.8 Å². The molecule has 4 aromatic rings. The molecule has 2 aromatic heterocycles. The summed E-state index contributed by atoms with van der Waals surface area (Å²) in [6, 6.07) is 13.7. The molecule has 0 radical (unpaired) electrons. The van der Waals surface area contributed by atoms with Gasteiger partial charge in [0.05, 0.1) is 38.7 Å². The maximum Gasteiger partial charge on any atom is 0.416 e. The number of rotatable bonds is 5. The molecule has 2 atom stereocenters. The lowest BCUT2D eigenvalue weighted by Gasteiger charge is -2.43. The fourth-order valence-electron chi connectivity index (χ4n) is 6.01. The Kier molecular flexibility index (Phi) is 6.68. The van der Waals surface area contributed by atoms with E-state index in [1.54, 1.807) is 41.2 Å². The molecule has 11 heteroatoms. The van der Waals surface area contributed by atoms with Gasteiger partial charge in [0, 0.05) is 6.20 Å². The fraction of sp³-hybridized carbons (Fsp3) is 0.258. The minimum absolute atomic E-state index is 0.0338. The van der Waals surface area contributed by atoms with Gasteiger partial charge in [-0.3, -0.25) is 9.78 Å².